The van der Waals surface area contributed by atoms with Crippen molar-refractivity contribution in [2.75, 3.05) is 5.75 Å². The van der Waals surface area contributed by atoms with E-state index in [9.17, 15) is 14.7 Å². The lowest BCUT2D eigenvalue weighted by Crippen LogP contribution is -2.31. The third-order valence-corrected chi connectivity index (χ3v) is 6.68. The van der Waals surface area contributed by atoms with Crippen LogP contribution in [0.1, 0.15) is 35.2 Å². The van der Waals surface area contributed by atoms with E-state index in [1.165, 1.54) is 4.57 Å². The minimum atomic E-state index is -0.330. The van der Waals surface area contributed by atoms with Crippen LogP contribution in [-0.4, -0.2) is 26.3 Å². The number of hydrogen-bond donors (Lipinski definition) is 2. The van der Waals surface area contributed by atoms with Gasteiger partial charge in [0.25, 0.3) is 5.56 Å². The maximum atomic E-state index is 13.2. The summed E-state index contributed by atoms with van der Waals surface area (Å²) in [5.41, 5.74) is 3.42. The highest BCUT2D eigenvalue weighted by atomic mass is 32.2. The lowest BCUT2D eigenvalue weighted by molar-refractivity contribution is -0.119. The van der Waals surface area contributed by atoms with Crippen LogP contribution in [0.15, 0.2) is 94.9 Å². The molecule has 35 heavy (non-hydrogen) atoms. The van der Waals surface area contributed by atoms with Crippen molar-refractivity contribution >= 4 is 17.7 Å². The molecule has 6 nitrogen and oxygen atoms in total. The van der Waals surface area contributed by atoms with Crippen LogP contribution >= 0.6 is 11.8 Å². The van der Waals surface area contributed by atoms with Gasteiger partial charge in [0.15, 0.2) is 5.16 Å². The minimum Gasteiger partial charge on any atom is -0.493 e. The summed E-state index contributed by atoms with van der Waals surface area (Å²) in [6.45, 7) is 3.71. The van der Waals surface area contributed by atoms with Crippen molar-refractivity contribution in [2.24, 2.45) is 0 Å². The lowest BCUT2D eigenvalue weighted by Gasteiger charge is -2.20. The van der Waals surface area contributed by atoms with E-state index in [2.05, 4.69) is 10.3 Å². The third-order valence-electron chi connectivity index (χ3n) is 5.74. The molecule has 0 unspecified atom stereocenters. The maximum absolute atomic E-state index is 13.2. The number of carbonyl (C=O) groups is 1. The fraction of sp³-hybridized carbons (Fsp3) is 0.179. The molecule has 0 spiro atoms. The van der Waals surface area contributed by atoms with Gasteiger partial charge in [-0.1, -0.05) is 97.5 Å². The number of aromatic hydroxyl groups is 1. The summed E-state index contributed by atoms with van der Waals surface area (Å²) in [6.07, 6.45) is 0.352. The maximum Gasteiger partial charge on any atom is 0.265 e. The molecule has 0 saturated heterocycles. The second kappa shape index (κ2) is 11.1. The van der Waals surface area contributed by atoms with Gasteiger partial charge < -0.3 is 10.4 Å². The molecule has 0 bridgehead atoms. The number of aryl methyl sites for hydroxylation is 1. The van der Waals surface area contributed by atoms with Crippen LogP contribution in [0.3, 0.4) is 0 Å². The Balaban J connectivity index is 1.62. The van der Waals surface area contributed by atoms with Crippen molar-refractivity contribution in [3.8, 4) is 11.6 Å². The quantitative estimate of drug-likeness (QED) is 0.277. The zero-order valence-corrected chi connectivity index (χ0v) is 20.5. The van der Waals surface area contributed by atoms with E-state index >= 15 is 0 Å². The molecule has 1 heterocycles. The molecular formula is C28H27N3O3S. The van der Waals surface area contributed by atoms with Gasteiger partial charge >= 0.3 is 0 Å². The number of thioether (sulfide) groups is 1. The summed E-state index contributed by atoms with van der Waals surface area (Å²) in [7, 11) is 0. The molecule has 0 radical (unpaired) electrons. The predicted molar refractivity (Wildman–Crippen MR) is 139 cm³/mol. The molecule has 3 aromatic carbocycles. The molecule has 178 valence electrons. The van der Waals surface area contributed by atoms with E-state index in [-0.39, 0.29) is 39.9 Å². The van der Waals surface area contributed by atoms with Gasteiger partial charge in [-0.05, 0) is 36.1 Å². The summed E-state index contributed by atoms with van der Waals surface area (Å²) >= 11 is 1.12. The largest absolute Gasteiger partial charge is 0.493 e. The zero-order chi connectivity index (χ0) is 24.8. The summed E-state index contributed by atoms with van der Waals surface area (Å²) in [5.74, 6) is -0.478. The molecule has 1 amide bonds. The van der Waals surface area contributed by atoms with Gasteiger partial charge in [0.2, 0.25) is 11.8 Å². The smallest absolute Gasteiger partial charge is 0.265 e. The van der Waals surface area contributed by atoms with Gasteiger partial charge in [-0.15, -0.1) is 0 Å². The molecule has 1 aromatic heterocycles. The second-order valence-corrected chi connectivity index (χ2v) is 9.03. The number of amides is 1. The molecule has 0 fully saturated rings. The van der Waals surface area contributed by atoms with Gasteiger partial charge in [0.05, 0.1) is 23.0 Å². The lowest BCUT2D eigenvalue weighted by atomic mass is 9.99. The highest BCUT2D eigenvalue weighted by Crippen LogP contribution is 2.26. The van der Waals surface area contributed by atoms with Crippen molar-refractivity contribution in [1.29, 1.82) is 0 Å². The van der Waals surface area contributed by atoms with Crippen LogP contribution in [0, 0.1) is 6.92 Å². The van der Waals surface area contributed by atoms with Crippen LogP contribution in [0.2, 0.25) is 0 Å². The molecule has 0 aliphatic rings. The topological polar surface area (TPSA) is 84.2 Å². The first-order valence-electron chi connectivity index (χ1n) is 11.4. The molecule has 0 aliphatic heterocycles. The Bertz CT molecular complexity index is 1330. The Labute approximate surface area is 208 Å². The normalized spacial score (nSPS) is 10.9. The fourth-order valence-electron chi connectivity index (χ4n) is 3.94. The first-order valence-corrected chi connectivity index (χ1v) is 12.4. The highest BCUT2D eigenvalue weighted by molar-refractivity contribution is 7.99. The Morgan fingerprint density at radius 2 is 1.54 bits per heavy atom. The van der Waals surface area contributed by atoms with E-state index in [4.69, 9.17) is 0 Å². The Kier molecular flexibility index (Phi) is 7.67. The zero-order valence-electron chi connectivity index (χ0n) is 19.6. The number of carbonyl (C=O) groups excluding carboxylic acids is 1. The molecule has 0 aliphatic carbocycles. The van der Waals surface area contributed by atoms with E-state index < -0.39 is 0 Å². The van der Waals surface area contributed by atoms with Crippen molar-refractivity contribution in [2.45, 2.75) is 31.5 Å². The standard InChI is InChI=1S/C28H27N3O3S/c1-3-22-26(33)30-28(31(27(22)34)23-17-11-10-12-19(23)2)35-18-24(32)29-25(20-13-6-4-7-14-20)21-15-8-5-9-16-21/h4-17,25,33H,3,18H2,1-2H3,(H,29,32). The third kappa shape index (κ3) is 5.46. The average molecular weight is 486 g/mol. The van der Waals surface area contributed by atoms with Crippen LogP contribution in [0.25, 0.3) is 5.69 Å². The second-order valence-electron chi connectivity index (χ2n) is 8.09. The number of benzene rings is 3. The minimum absolute atomic E-state index is 0.0272. The number of rotatable bonds is 8. The first kappa shape index (κ1) is 24.3. The molecule has 4 rings (SSSR count). The summed E-state index contributed by atoms with van der Waals surface area (Å²) in [6, 6.07) is 26.7. The summed E-state index contributed by atoms with van der Waals surface area (Å²) in [5, 5.41) is 13.8. The van der Waals surface area contributed by atoms with Gasteiger partial charge in [-0.3, -0.25) is 14.2 Å². The number of hydrogen-bond acceptors (Lipinski definition) is 5. The van der Waals surface area contributed by atoms with Crippen LogP contribution in [0.5, 0.6) is 5.88 Å². The molecule has 7 heteroatoms. The van der Waals surface area contributed by atoms with E-state index in [0.717, 1.165) is 28.5 Å². The molecule has 0 atom stereocenters. The van der Waals surface area contributed by atoms with E-state index in [1.807, 2.05) is 91.9 Å². The van der Waals surface area contributed by atoms with Gasteiger partial charge in [0, 0.05) is 0 Å². The van der Waals surface area contributed by atoms with Crippen LogP contribution in [0.4, 0.5) is 0 Å². The van der Waals surface area contributed by atoms with Crippen molar-refractivity contribution in [3.05, 3.63) is 118 Å². The molecule has 2 N–H and O–H groups in total. The summed E-state index contributed by atoms with van der Waals surface area (Å²) in [4.78, 5) is 30.6. The highest BCUT2D eigenvalue weighted by Gasteiger charge is 2.21. The van der Waals surface area contributed by atoms with E-state index in [1.54, 1.807) is 6.92 Å². The van der Waals surface area contributed by atoms with Gasteiger partial charge in [0.1, 0.15) is 0 Å². The van der Waals surface area contributed by atoms with Crippen molar-refractivity contribution in [3.63, 3.8) is 0 Å². The Morgan fingerprint density at radius 3 is 2.11 bits per heavy atom. The van der Waals surface area contributed by atoms with Crippen molar-refractivity contribution < 1.29 is 9.90 Å². The number of nitrogens with one attached hydrogen (secondary N) is 1. The Morgan fingerprint density at radius 1 is 0.971 bits per heavy atom. The number of nitrogens with zero attached hydrogens (tertiary/aromatic N) is 2. The number of para-hydroxylation sites is 1. The SMILES string of the molecule is CCc1c(O)nc(SCC(=O)NC(c2ccccc2)c2ccccc2)n(-c2ccccc2C)c1=O. The van der Waals surface area contributed by atoms with E-state index in [0.29, 0.717) is 12.1 Å². The molecule has 0 saturated carbocycles. The fourth-order valence-corrected chi connectivity index (χ4v) is 4.75. The average Bonchev–Trinajstić information content (AvgIpc) is 2.88. The van der Waals surface area contributed by atoms with Gasteiger partial charge in [-0.25, -0.2) is 0 Å². The first-order chi connectivity index (χ1) is 17.0. The molecule has 4 aromatic rings. The van der Waals surface area contributed by atoms with Crippen LogP contribution in [-0.2, 0) is 11.2 Å². The Hall–Kier alpha value is -3.84. The van der Waals surface area contributed by atoms with Crippen LogP contribution < -0.4 is 10.9 Å². The molecular weight excluding hydrogens is 458 g/mol. The number of aromatic nitrogens is 2. The monoisotopic (exact) mass is 485 g/mol. The predicted octanol–water partition coefficient (Wildman–Crippen LogP) is 4.81. The van der Waals surface area contributed by atoms with Gasteiger partial charge in [-0.2, -0.15) is 4.98 Å². The van der Waals surface area contributed by atoms with Crippen molar-refractivity contribution in [1.82, 2.24) is 14.9 Å². The summed E-state index contributed by atoms with van der Waals surface area (Å²) < 4.78 is 1.48.